The Balaban J connectivity index is 2.46. The number of aromatic nitrogens is 2. The number of nitrogens with zero attached hydrogens (tertiary/aromatic N) is 2. The third kappa shape index (κ3) is 3.00. The second kappa shape index (κ2) is 5.24. The minimum atomic E-state index is -0.242. The summed E-state index contributed by atoms with van der Waals surface area (Å²) < 4.78 is 0. The van der Waals surface area contributed by atoms with E-state index < -0.39 is 0 Å². The van der Waals surface area contributed by atoms with Crippen molar-refractivity contribution >= 4 is 5.95 Å². The standard InChI is InChI=1S/C14H18N4O/c1-9(18(2)3)10-5-4-6-11(7-10)12-8-13(19)17-14(15)16-12/h4-9H,1-3H3,(H3,15,16,17,19). The molecule has 2 rings (SSSR count). The summed E-state index contributed by atoms with van der Waals surface area (Å²) >= 11 is 0. The summed E-state index contributed by atoms with van der Waals surface area (Å²) in [6.45, 7) is 2.12. The van der Waals surface area contributed by atoms with Crippen LogP contribution in [0.5, 0.6) is 0 Å². The Bertz CT molecular complexity index is 633. The topological polar surface area (TPSA) is 75.0 Å². The predicted octanol–water partition coefficient (Wildman–Crippen LogP) is 1.64. The zero-order valence-electron chi connectivity index (χ0n) is 11.3. The molecule has 0 saturated carbocycles. The van der Waals surface area contributed by atoms with E-state index in [-0.39, 0.29) is 11.5 Å². The molecular weight excluding hydrogens is 240 g/mol. The number of H-pyrrole nitrogens is 1. The molecule has 0 bridgehead atoms. The van der Waals surface area contributed by atoms with Crippen molar-refractivity contribution in [3.63, 3.8) is 0 Å². The van der Waals surface area contributed by atoms with Crippen molar-refractivity contribution in [3.05, 3.63) is 46.2 Å². The van der Waals surface area contributed by atoms with Crippen LogP contribution in [-0.2, 0) is 0 Å². The van der Waals surface area contributed by atoms with Crippen LogP contribution in [0, 0.1) is 0 Å². The molecule has 1 aromatic heterocycles. The lowest BCUT2D eigenvalue weighted by molar-refractivity contribution is 0.321. The second-order valence-corrected chi connectivity index (χ2v) is 4.78. The molecule has 0 spiro atoms. The van der Waals surface area contributed by atoms with E-state index in [9.17, 15) is 4.79 Å². The van der Waals surface area contributed by atoms with Gasteiger partial charge in [-0.2, -0.15) is 0 Å². The van der Waals surface area contributed by atoms with Crippen molar-refractivity contribution in [2.24, 2.45) is 0 Å². The van der Waals surface area contributed by atoms with Crippen molar-refractivity contribution in [3.8, 4) is 11.3 Å². The van der Waals surface area contributed by atoms with Gasteiger partial charge < -0.3 is 10.6 Å². The van der Waals surface area contributed by atoms with Gasteiger partial charge in [-0.1, -0.05) is 18.2 Å². The number of nitrogens with two attached hydrogens (primary N) is 1. The SMILES string of the molecule is CC(c1cccc(-c2cc(=O)[nH]c(N)n2)c1)N(C)C. The predicted molar refractivity (Wildman–Crippen MR) is 76.8 cm³/mol. The Labute approximate surface area is 112 Å². The molecule has 19 heavy (non-hydrogen) atoms. The number of anilines is 1. The number of benzene rings is 1. The minimum Gasteiger partial charge on any atom is -0.369 e. The summed E-state index contributed by atoms with van der Waals surface area (Å²) in [5.74, 6) is 0.133. The molecule has 1 aromatic carbocycles. The summed E-state index contributed by atoms with van der Waals surface area (Å²) in [6, 6.07) is 9.72. The highest BCUT2D eigenvalue weighted by Gasteiger charge is 2.09. The summed E-state index contributed by atoms with van der Waals surface area (Å²) in [5, 5.41) is 0. The highest BCUT2D eigenvalue weighted by molar-refractivity contribution is 5.60. The molecule has 0 aliphatic rings. The van der Waals surface area contributed by atoms with Gasteiger partial charge in [0.15, 0.2) is 0 Å². The molecule has 0 amide bonds. The average molecular weight is 258 g/mol. The van der Waals surface area contributed by atoms with E-state index in [1.165, 1.54) is 11.6 Å². The fourth-order valence-electron chi connectivity index (χ4n) is 1.88. The number of nitrogen functional groups attached to an aromatic ring is 1. The number of nitrogens with one attached hydrogen (secondary N) is 1. The van der Waals surface area contributed by atoms with Crippen LogP contribution in [0.2, 0.25) is 0 Å². The quantitative estimate of drug-likeness (QED) is 0.877. The third-order valence-corrected chi connectivity index (χ3v) is 3.20. The summed E-state index contributed by atoms with van der Waals surface area (Å²) in [6.07, 6.45) is 0. The Morgan fingerprint density at radius 1 is 1.32 bits per heavy atom. The minimum absolute atomic E-state index is 0.133. The molecule has 0 aliphatic heterocycles. The van der Waals surface area contributed by atoms with Crippen LogP contribution in [-0.4, -0.2) is 29.0 Å². The number of hydrogen-bond acceptors (Lipinski definition) is 4. The summed E-state index contributed by atoms with van der Waals surface area (Å²) in [4.78, 5) is 20.1. The van der Waals surface area contributed by atoms with E-state index in [2.05, 4.69) is 27.9 Å². The highest BCUT2D eigenvalue weighted by atomic mass is 16.1. The first kappa shape index (κ1) is 13.3. The lowest BCUT2D eigenvalue weighted by atomic mass is 10.0. The van der Waals surface area contributed by atoms with Gasteiger partial charge in [0.2, 0.25) is 5.95 Å². The van der Waals surface area contributed by atoms with Crippen molar-refractivity contribution in [2.75, 3.05) is 19.8 Å². The molecule has 1 unspecified atom stereocenters. The van der Waals surface area contributed by atoms with E-state index >= 15 is 0 Å². The van der Waals surface area contributed by atoms with Crippen molar-refractivity contribution in [2.45, 2.75) is 13.0 Å². The Morgan fingerprint density at radius 2 is 2.05 bits per heavy atom. The summed E-state index contributed by atoms with van der Waals surface area (Å²) in [7, 11) is 4.06. The number of aromatic amines is 1. The molecule has 0 radical (unpaired) electrons. The van der Waals surface area contributed by atoms with E-state index in [0.29, 0.717) is 11.7 Å². The lowest BCUT2D eigenvalue weighted by Gasteiger charge is -2.20. The van der Waals surface area contributed by atoms with Gasteiger partial charge in [-0.25, -0.2) is 4.98 Å². The Kier molecular flexibility index (Phi) is 3.66. The Hall–Kier alpha value is -2.14. The summed E-state index contributed by atoms with van der Waals surface area (Å²) in [5.41, 5.74) is 7.98. The smallest absolute Gasteiger partial charge is 0.252 e. The zero-order chi connectivity index (χ0) is 14.0. The van der Waals surface area contributed by atoms with E-state index in [0.717, 1.165) is 5.56 Å². The molecule has 1 heterocycles. The number of hydrogen-bond donors (Lipinski definition) is 2. The molecule has 100 valence electrons. The van der Waals surface area contributed by atoms with Crippen LogP contribution in [0.15, 0.2) is 35.1 Å². The first-order valence-electron chi connectivity index (χ1n) is 6.11. The van der Waals surface area contributed by atoms with Crippen molar-refractivity contribution in [1.29, 1.82) is 0 Å². The van der Waals surface area contributed by atoms with Crippen molar-refractivity contribution in [1.82, 2.24) is 14.9 Å². The molecule has 3 N–H and O–H groups in total. The zero-order valence-corrected chi connectivity index (χ0v) is 11.3. The maximum Gasteiger partial charge on any atom is 0.252 e. The number of rotatable bonds is 3. The molecule has 0 fully saturated rings. The van der Waals surface area contributed by atoms with Crippen LogP contribution >= 0.6 is 0 Å². The van der Waals surface area contributed by atoms with E-state index in [1.54, 1.807) is 0 Å². The van der Waals surface area contributed by atoms with Crippen LogP contribution < -0.4 is 11.3 Å². The molecule has 5 nitrogen and oxygen atoms in total. The lowest BCUT2D eigenvalue weighted by Crippen LogP contribution is -2.16. The molecule has 5 heteroatoms. The molecule has 0 saturated heterocycles. The third-order valence-electron chi connectivity index (χ3n) is 3.20. The van der Waals surface area contributed by atoms with Gasteiger partial charge in [0, 0.05) is 17.7 Å². The largest absolute Gasteiger partial charge is 0.369 e. The first-order chi connectivity index (χ1) is 8.97. The fraction of sp³-hybridized carbons (Fsp3) is 0.286. The van der Waals surface area contributed by atoms with Gasteiger partial charge in [-0.15, -0.1) is 0 Å². The van der Waals surface area contributed by atoms with Gasteiger partial charge in [0.1, 0.15) is 0 Å². The first-order valence-corrected chi connectivity index (χ1v) is 6.11. The van der Waals surface area contributed by atoms with Crippen LogP contribution in [0.1, 0.15) is 18.5 Å². The van der Waals surface area contributed by atoms with Crippen LogP contribution in [0.4, 0.5) is 5.95 Å². The van der Waals surface area contributed by atoms with Crippen molar-refractivity contribution < 1.29 is 0 Å². The van der Waals surface area contributed by atoms with Gasteiger partial charge >= 0.3 is 0 Å². The van der Waals surface area contributed by atoms with Gasteiger partial charge in [0.05, 0.1) is 5.69 Å². The molecule has 2 aromatic rings. The monoisotopic (exact) mass is 258 g/mol. The highest BCUT2D eigenvalue weighted by Crippen LogP contribution is 2.23. The second-order valence-electron chi connectivity index (χ2n) is 4.78. The van der Waals surface area contributed by atoms with Gasteiger partial charge in [-0.05, 0) is 32.6 Å². The molecule has 0 aliphatic carbocycles. The Morgan fingerprint density at radius 3 is 2.68 bits per heavy atom. The van der Waals surface area contributed by atoms with Gasteiger partial charge in [0.25, 0.3) is 5.56 Å². The van der Waals surface area contributed by atoms with Crippen LogP contribution in [0.3, 0.4) is 0 Å². The molecule has 1 atom stereocenters. The maximum absolute atomic E-state index is 11.4. The van der Waals surface area contributed by atoms with Crippen LogP contribution in [0.25, 0.3) is 11.3 Å². The molecular formula is C14H18N4O. The van der Waals surface area contributed by atoms with E-state index in [4.69, 9.17) is 5.73 Å². The average Bonchev–Trinajstić information content (AvgIpc) is 2.36. The van der Waals surface area contributed by atoms with E-state index in [1.807, 2.05) is 32.3 Å². The van der Waals surface area contributed by atoms with Gasteiger partial charge in [-0.3, -0.25) is 9.78 Å². The fourth-order valence-corrected chi connectivity index (χ4v) is 1.88. The maximum atomic E-state index is 11.4. The normalized spacial score (nSPS) is 12.6.